The molecule has 0 aromatic heterocycles. The maximum absolute atomic E-state index is 2.34. The molecule has 10 aromatic rings. The molecule has 0 aliphatic rings. The molecule has 0 unspecified atom stereocenters. The van der Waals surface area contributed by atoms with Gasteiger partial charge in [0.2, 0.25) is 0 Å². The summed E-state index contributed by atoms with van der Waals surface area (Å²) in [4.78, 5) is 2.34. The van der Waals surface area contributed by atoms with Crippen molar-refractivity contribution in [3.8, 4) is 55.6 Å². The molecule has 0 saturated carbocycles. The molecule has 10 rings (SSSR count). The zero-order chi connectivity index (χ0) is 38.0. The maximum Gasteiger partial charge on any atom is 0.0462 e. The summed E-state index contributed by atoms with van der Waals surface area (Å²) in [7, 11) is 0. The van der Waals surface area contributed by atoms with Crippen LogP contribution in [0.15, 0.2) is 237 Å². The topological polar surface area (TPSA) is 3.24 Å². The van der Waals surface area contributed by atoms with Gasteiger partial charge in [0.15, 0.2) is 0 Å². The van der Waals surface area contributed by atoms with Crippen molar-refractivity contribution in [3.63, 3.8) is 0 Å². The summed E-state index contributed by atoms with van der Waals surface area (Å²) in [6, 6.07) is 85.5. The Morgan fingerprint density at radius 1 is 0.228 bits per heavy atom. The summed E-state index contributed by atoms with van der Waals surface area (Å²) in [5.74, 6) is 0. The minimum atomic E-state index is 1.10. The molecule has 1 heteroatoms. The first-order valence-electron chi connectivity index (χ1n) is 19.6. The number of hydrogen-bond donors (Lipinski definition) is 0. The van der Waals surface area contributed by atoms with Gasteiger partial charge in [-0.15, -0.1) is 0 Å². The van der Waals surface area contributed by atoms with Gasteiger partial charge in [0.1, 0.15) is 0 Å². The van der Waals surface area contributed by atoms with Crippen molar-refractivity contribution in [3.05, 3.63) is 237 Å². The lowest BCUT2D eigenvalue weighted by atomic mass is 9.89. The molecule has 0 atom stereocenters. The minimum absolute atomic E-state index is 1.10. The van der Waals surface area contributed by atoms with Crippen LogP contribution in [0.2, 0.25) is 0 Å². The van der Waals surface area contributed by atoms with E-state index in [0.29, 0.717) is 0 Å². The first-order valence-corrected chi connectivity index (χ1v) is 19.6. The van der Waals surface area contributed by atoms with Crippen molar-refractivity contribution in [1.82, 2.24) is 0 Å². The van der Waals surface area contributed by atoms with Gasteiger partial charge in [-0.05, 0) is 120 Å². The van der Waals surface area contributed by atoms with Gasteiger partial charge in [0, 0.05) is 17.1 Å². The number of hydrogen-bond acceptors (Lipinski definition) is 1. The van der Waals surface area contributed by atoms with Crippen LogP contribution in [0.5, 0.6) is 0 Å². The molecule has 0 heterocycles. The molecule has 10 aromatic carbocycles. The molecule has 1 nitrogen and oxygen atoms in total. The number of nitrogens with zero attached hydrogens (tertiary/aromatic N) is 1. The summed E-state index contributed by atoms with van der Waals surface area (Å²) in [5.41, 5.74) is 15.5. The smallest absolute Gasteiger partial charge is 0.0462 e. The van der Waals surface area contributed by atoms with E-state index in [4.69, 9.17) is 0 Å². The minimum Gasteiger partial charge on any atom is -0.311 e. The van der Waals surface area contributed by atoms with E-state index in [1.165, 1.54) is 77.2 Å². The van der Waals surface area contributed by atoms with Crippen molar-refractivity contribution in [1.29, 1.82) is 0 Å². The molecular weight excluding hydrogens is 687 g/mol. The van der Waals surface area contributed by atoms with Gasteiger partial charge >= 0.3 is 0 Å². The number of rotatable bonds is 8. The Morgan fingerprint density at radius 2 is 0.667 bits per heavy atom. The summed E-state index contributed by atoms with van der Waals surface area (Å²) in [6.07, 6.45) is 0. The lowest BCUT2D eigenvalue weighted by Crippen LogP contribution is -2.09. The van der Waals surface area contributed by atoms with Crippen molar-refractivity contribution in [2.75, 3.05) is 4.90 Å². The van der Waals surface area contributed by atoms with Crippen molar-refractivity contribution >= 4 is 38.6 Å². The van der Waals surface area contributed by atoms with Gasteiger partial charge in [-0.25, -0.2) is 0 Å². The predicted molar refractivity (Wildman–Crippen MR) is 243 cm³/mol. The highest BCUT2D eigenvalue weighted by Crippen LogP contribution is 2.42. The Balaban J connectivity index is 1.01. The third-order valence-corrected chi connectivity index (χ3v) is 11.1. The van der Waals surface area contributed by atoms with Crippen LogP contribution in [0.1, 0.15) is 0 Å². The van der Waals surface area contributed by atoms with Crippen molar-refractivity contribution in [2.45, 2.75) is 0 Å². The van der Waals surface area contributed by atoms with E-state index < -0.39 is 0 Å². The van der Waals surface area contributed by atoms with E-state index in [-0.39, 0.29) is 0 Å². The van der Waals surface area contributed by atoms with Crippen LogP contribution < -0.4 is 4.90 Å². The first kappa shape index (κ1) is 34.0. The van der Waals surface area contributed by atoms with E-state index in [1.54, 1.807) is 0 Å². The van der Waals surface area contributed by atoms with E-state index in [0.717, 1.165) is 17.1 Å². The summed E-state index contributed by atoms with van der Waals surface area (Å²) >= 11 is 0. The Hall–Kier alpha value is -7.48. The van der Waals surface area contributed by atoms with E-state index in [1.807, 2.05) is 0 Å². The Bertz CT molecular complexity index is 2970. The second-order valence-electron chi connectivity index (χ2n) is 14.5. The fraction of sp³-hybridized carbons (Fsp3) is 0. The highest BCUT2D eigenvalue weighted by atomic mass is 15.1. The Kier molecular flexibility index (Phi) is 8.95. The summed E-state index contributed by atoms with van der Waals surface area (Å²) < 4.78 is 0. The second-order valence-corrected chi connectivity index (χ2v) is 14.5. The molecule has 0 radical (unpaired) electrons. The van der Waals surface area contributed by atoms with Crippen LogP contribution in [0.4, 0.5) is 17.1 Å². The number of anilines is 3. The fourth-order valence-electron chi connectivity index (χ4n) is 8.35. The van der Waals surface area contributed by atoms with Crippen molar-refractivity contribution < 1.29 is 0 Å². The molecule has 57 heavy (non-hydrogen) atoms. The van der Waals surface area contributed by atoms with Crippen LogP contribution in [0, 0.1) is 0 Å². The summed E-state index contributed by atoms with van der Waals surface area (Å²) in [6.45, 7) is 0. The van der Waals surface area contributed by atoms with E-state index >= 15 is 0 Å². The van der Waals surface area contributed by atoms with Gasteiger partial charge in [-0.1, -0.05) is 194 Å². The third kappa shape index (κ3) is 6.56. The first-order chi connectivity index (χ1) is 28.3. The normalized spacial score (nSPS) is 11.2. The van der Waals surface area contributed by atoms with E-state index in [9.17, 15) is 0 Å². The third-order valence-electron chi connectivity index (χ3n) is 11.1. The highest BCUT2D eigenvalue weighted by Gasteiger charge is 2.16. The molecule has 0 aliphatic carbocycles. The van der Waals surface area contributed by atoms with Gasteiger partial charge in [-0.2, -0.15) is 0 Å². The van der Waals surface area contributed by atoms with Gasteiger partial charge < -0.3 is 4.90 Å². The highest BCUT2D eigenvalue weighted by molar-refractivity contribution is 6.11. The molecule has 0 aliphatic heterocycles. The van der Waals surface area contributed by atoms with Crippen LogP contribution in [0.25, 0.3) is 77.2 Å². The molecule has 0 amide bonds. The zero-order valence-electron chi connectivity index (χ0n) is 31.5. The molecule has 0 N–H and O–H groups in total. The molecule has 0 spiro atoms. The number of para-hydroxylation sites is 1. The summed E-state index contributed by atoms with van der Waals surface area (Å²) in [5, 5.41) is 5.02. The lowest BCUT2D eigenvalue weighted by Gasteiger charge is -2.26. The maximum atomic E-state index is 2.34. The lowest BCUT2D eigenvalue weighted by molar-refractivity contribution is 1.28. The van der Waals surface area contributed by atoms with Crippen LogP contribution in [0.3, 0.4) is 0 Å². The van der Waals surface area contributed by atoms with Crippen molar-refractivity contribution in [2.24, 2.45) is 0 Å². The quantitative estimate of drug-likeness (QED) is 0.151. The largest absolute Gasteiger partial charge is 0.311 e. The molecule has 0 fully saturated rings. The van der Waals surface area contributed by atoms with Crippen LogP contribution >= 0.6 is 0 Å². The molecule has 268 valence electrons. The molecular formula is C56H39N. The zero-order valence-corrected chi connectivity index (χ0v) is 31.5. The Labute approximate surface area is 334 Å². The average molecular weight is 726 g/mol. The van der Waals surface area contributed by atoms with Crippen LogP contribution in [-0.2, 0) is 0 Å². The average Bonchev–Trinajstić information content (AvgIpc) is 3.30. The second kappa shape index (κ2) is 15.0. The monoisotopic (exact) mass is 725 g/mol. The number of fused-ring (bicyclic) bond motifs is 2. The fourth-order valence-corrected chi connectivity index (χ4v) is 8.35. The number of benzene rings is 10. The van der Waals surface area contributed by atoms with Gasteiger partial charge in [-0.3, -0.25) is 0 Å². The Morgan fingerprint density at radius 3 is 1.37 bits per heavy atom. The van der Waals surface area contributed by atoms with Gasteiger partial charge in [0.05, 0.1) is 0 Å². The molecule has 0 saturated heterocycles. The van der Waals surface area contributed by atoms with Gasteiger partial charge in [0.25, 0.3) is 0 Å². The van der Waals surface area contributed by atoms with Crippen LogP contribution in [-0.4, -0.2) is 0 Å². The van der Waals surface area contributed by atoms with E-state index in [2.05, 4.69) is 241 Å². The standard InChI is InChI=1S/C56H39N/c1-3-15-40(16-4-1)45-21-11-22-46(39-45)52-27-10-9-25-50(52)42-31-35-48(36-32-42)57(47-23-5-2-6-24-47)49-37-33-43(34-38-49)53-28-13-19-44-20-14-30-55(56(44)53)54-29-12-18-41-17-7-8-26-51(41)54/h1-39H. The molecule has 0 bridgehead atoms. The predicted octanol–water partition coefficient (Wildman–Crippen LogP) is 15.8. The SMILES string of the molecule is c1ccc(-c2cccc(-c3ccccc3-c3ccc(N(c4ccccc4)c4ccc(-c5cccc6cccc(-c7cccc8ccccc78)c56)cc4)cc3)c2)cc1.